The molecule has 50 valence electrons. The summed E-state index contributed by atoms with van der Waals surface area (Å²) in [5.41, 5.74) is 4.89. The van der Waals surface area contributed by atoms with Crippen LogP contribution in [-0.2, 0) is 4.79 Å². The molecular formula is C4H6N2O2S. The highest BCUT2D eigenvalue weighted by Gasteiger charge is 2.25. The Labute approximate surface area is 56.2 Å². The lowest BCUT2D eigenvalue weighted by molar-refractivity contribution is -0.119. The molecule has 5 heteroatoms. The molecule has 0 aromatic carbocycles. The minimum atomic E-state index is -0.464. The molecule has 3 N–H and O–H groups in total. The number of thioether (sulfide) groups is 1. The predicted octanol–water partition coefficient (Wildman–Crippen LogP) is -0.703. The summed E-state index contributed by atoms with van der Waals surface area (Å²) < 4.78 is 0. The zero-order valence-electron chi connectivity index (χ0n) is 4.59. The first-order chi connectivity index (χ1) is 4.20. The third kappa shape index (κ3) is 1.35. The molecule has 0 aliphatic carbocycles. The third-order valence-electron chi connectivity index (χ3n) is 1.02. The van der Waals surface area contributed by atoms with Crippen molar-refractivity contribution < 1.29 is 9.59 Å². The van der Waals surface area contributed by atoms with Crippen LogP contribution in [-0.4, -0.2) is 22.9 Å². The van der Waals surface area contributed by atoms with Gasteiger partial charge >= 0.3 is 0 Å². The van der Waals surface area contributed by atoms with Crippen molar-refractivity contribution in [1.29, 1.82) is 0 Å². The van der Waals surface area contributed by atoms with Gasteiger partial charge in [0.25, 0.3) is 5.24 Å². The molecule has 0 radical (unpaired) electrons. The molecule has 9 heavy (non-hydrogen) atoms. The van der Waals surface area contributed by atoms with Crippen molar-refractivity contribution in [2.45, 2.75) is 6.04 Å². The Balaban J connectivity index is 2.48. The molecule has 0 saturated carbocycles. The number of rotatable bonds is 1. The number of amides is 2. The maximum Gasteiger partial charge on any atom is 0.279 e. The summed E-state index contributed by atoms with van der Waals surface area (Å²) in [5.74, 6) is 0.00194. The van der Waals surface area contributed by atoms with Gasteiger partial charge in [0.15, 0.2) is 0 Å². The number of primary amides is 1. The van der Waals surface area contributed by atoms with E-state index < -0.39 is 11.9 Å². The van der Waals surface area contributed by atoms with Gasteiger partial charge in [0.2, 0.25) is 5.91 Å². The molecule has 1 fully saturated rings. The van der Waals surface area contributed by atoms with Crippen LogP contribution in [0.3, 0.4) is 0 Å². The van der Waals surface area contributed by atoms with E-state index in [-0.39, 0.29) is 5.24 Å². The van der Waals surface area contributed by atoms with Crippen molar-refractivity contribution >= 4 is 22.9 Å². The van der Waals surface area contributed by atoms with Gasteiger partial charge in [0.1, 0.15) is 6.04 Å². The first-order valence-electron chi connectivity index (χ1n) is 2.43. The lowest BCUT2D eigenvalue weighted by Crippen LogP contribution is -2.39. The maximum absolute atomic E-state index is 10.4. The summed E-state index contributed by atoms with van der Waals surface area (Å²) >= 11 is 1.08. The molecule has 0 bridgehead atoms. The zero-order valence-corrected chi connectivity index (χ0v) is 5.40. The molecule has 0 aromatic heterocycles. The maximum atomic E-state index is 10.4. The molecule has 2 amide bonds. The largest absolute Gasteiger partial charge is 0.368 e. The van der Waals surface area contributed by atoms with E-state index in [9.17, 15) is 9.59 Å². The smallest absolute Gasteiger partial charge is 0.279 e. The van der Waals surface area contributed by atoms with Crippen LogP contribution >= 0.6 is 11.8 Å². The highest BCUT2D eigenvalue weighted by atomic mass is 32.2. The summed E-state index contributed by atoms with van der Waals surface area (Å²) in [6.45, 7) is 0. The fourth-order valence-electron chi connectivity index (χ4n) is 0.538. The lowest BCUT2D eigenvalue weighted by Gasteiger charge is -1.99. The Kier molecular flexibility index (Phi) is 1.61. The van der Waals surface area contributed by atoms with Crippen LogP contribution < -0.4 is 11.1 Å². The van der Waals surface area contributed by atoms with Crippen LogP contribution in [0.1, 0.15) is 0 Å². The summed E-state index contributed by atoms with van der Waals surface area (Å²) in [6.07, 6.45) is 0. The van der Waals surface area contributed by atoms with Crippen LogP contribution in [0.5, 0.6) is 0 Å². The minimum absolute atomic E-state index is 0.168. The second-order valence-corrected chi connectivity index (χ2v) is 2.69. The number of nitrogens with two attached hydrogens (primary N) is 1. The summed E-state index contributed by atoms with van der Waals surface area (Å²) in [6, 6.07) is -0.456. The fourth-order valence-corrected chi connectivity index (χ4v) is 1.33. The van der Waals surface area contributed by atoms with E-state index in [0.29, 0.717) is 5.75 Å². The minimum Gasteiger partial charge on any atom is -0.368 e. The van der Waals surface area contributed by atoms with E-state index in [1.54, 1.807) is 0 Å². The molecule has 1 aliphatic heterocycles. The van der Waals surface area contributed by atoms with Gasteiger partial charge in [-0.25, -0.2) is 0 Å². The SMILES string of the molecule is NC(=O)[C@H]1CSC(=O)N1. The third-order valence-corrected chi connectivity index (χ3v) is 1.90. The molecule has 0 aromatic rings. The summed E-state index contributed by atoms with van der Waals surface area (Å²) in [4.78, 5) is 20.7. The number of hydrogen-bond acceptors (Lipinski definition) is 3. The Morgan fingerprint density at radius 1 is 1.89 bits per heavy atom. The van der Waals surface area contributed by atoms with Gasteiger partial charge in [-0.15, -0.1) is 0 Å². The Morgan fingerprint density at radius 3 is 2.78 bits per heavy atom. The van der Waals surface area contributed by atoms with Gasteiger partial charge in [0, 0.05) is 5.75 Å². The first kappa shape index (κ1) is 6.41. The van der Waals surface area contributed by atoms with Gasteiger partial charge in [-0.3, -0.25) is 9.59 Å². The van der Waals surface area contributed by atoms with Crippen molar-refractivity contribution in [3.8, 4) is 0 Å². The molecule has 1 saturated heterocycles. The van der Waals surface area contributed by atoms with Gasteiger partial charge < -0.3 is 11.1 Å². The van der Waals surface area contributed by atoms with Gasteiger partial charge in [-0.2, -0.15) is 0 Å². The molecule has 1 heterocycles. The number of carbonyl (C=O) groups excluding carboxylic acids is 2. The predicted molar refractivity (Wildman–Crippen MR) is 34.0 cm³/mol. The average Bonchev–Trinajstić information content (AvgIpc) is 2.14. The van der Waals surface area contributed by atoms with Crippen LogP contribution in [0.15, 0.2) is 0 Å². The quantitative estimate of drug-likeness (QED) is 0.513. The molecule has 0 spiro atoms. The van der Waals surface area contributed by atoms with Crippen LogP contribution in [0.2, 0.25) is 0 Å². The van der Waals surface area contributed by atoms with Crippen molar-refractivity contribution in [1.82, 2.24) is 5.32 Å². The molecule has 4 nitrogen and oxygen atoms in total. The zero-order chi connectivity index (χ0) is 6.85. The Hall–Kier alpha value is -0.710. The van der Waals surface area contributed by atoms with E-state index in [1.807, 2.05) is 0 Å². The Bertz CT molecular complexity index is 159. The average molecular weight is 146 g/mol. The van der Waals surface area contributed by atoms with Crippen LogP contribution in [0, 0.1) is 0 Å². The van der Waals surface area contributed by atoms with Gasteiger partial charge in [-0.1, -0.05) is 11.8 Å². The van der Waals surface area contributed by atoms with Gasteiger partial charge in [-0.05, 0) is 0 Å². The van der Waals surface area contributed by atoms with E-state index in [4.69, 9.17) is 5.73 Å². The van der Waals surface area contributed by atoms with Crippen molar-refractivity contribution in [3.05, 3.63) is 0 Å². The van der Waals surface area contributed by atoms with E-state index in [0.717, 1.165) is 11.8 Å². The standard InChI is InChI=1S/C4H6N2O2S/c5-3(7)2-1-9-4(8)6-2/h2H,1H2,(H2,5,7)(H,6,8)/t2-/m1/s1. The second kappa shape index (κ2) is 2.26. The number of hydrogen-bond donors (Lipinski definition) is 2. The second-order valence-electron chi connectivity index (χ2n) is 1.70. The van der Waals surface area contributed by atoms with Crippen molar-refractivity contribution in [3.63, 3.8) is 0 Å². The van der Waals surface area contributed by atoms with Crippen molar-refractivity contribution in [2.24, 2.45) is 5.73 Å². The van der Waals surface area contributed by atoms with E-state index in [2.05, 4.69) is 5.32 Å². The fraction of sp³-hybridized carbons (Fsp3) is 0.500. The van der Waals surface area contributed by atoms with E-state index >= 15 is 0 Å². The summed E-state index contributed by atoms with van der Waals surface area (Å²) in [7, 11) is 0. The first-order valence-corrected chi connectivity index (χ1v) is 3.41. The molecular weight excluding hydrogens is 140 g/mol. The molecule has 1 aliphatic rings. The molecule has 1 rings (SSSR count). The summed E-state index contributed by atoms with van der Waals surface area (Å²) in [5, 5.41) is 2.24. The van der Waals surface area contributed by atoms with E-state index in [1.165, 1.54) is 0 Å². The van der Waals surface area contributed by atoms with Crippen LogP contribution in [0.25, 0.3) is 0 Å². The number of nitrogens with one attached hydrogen (secondary N) is 1. The topological polar surface area (TPSA) is 72.2 Å². The molecule has 0 unspecified atom stereocenters. The number of carbonyl (C=O) groups is 2. The lowest BCUT2D eigenvalue weighted by atomic mass is 10.3. The van der Waals surface area contributed by atoms with Gasteiger partial charge in [0.05, 0.1) is 0 Å². The van der Waals surface area contributed by atoms with Crippen LogP contribution in [0.4, 0.5) is 4.79 Å². The Morgan fingerprint density at radius 2 is 2.56 bits per heavy atom. The highest BCUT2D eigenvalue weighted by Crippen LogP contribution is 2.11. The molecule has 1 atom stereocenters. The normalized spacial score (nSPS) is 25.8. The highest BCUT2D eigenvalue weighted by molar-refractivity contribution is 8.14. The monoisotopic (exact) mass is 146 g/mol. The van der Waals surface area contributed by atoms with Crippen molar-refractivity contribution in [2.75, 3.05) is 5.75 Å².